The normalized spacial score (nSPS) is 11.3. The van der Waals surface area contributed by atoms with E-state index in [1.54, 1.807) is 18.2 Å². The van der Waals surface area contributed by atoms with Gasteiger partial charge in [-0.05, 0) is 30.7 Å². The van der Waals surface area contributed by atoms with Crippen molar-refractivity contribution in [3.8, 4) is 5.88 Å². The fourth-order valence-corrected chi connectivity index (χ4v) is 2.51. The number of aryl methyl sites for hydroxylation is 1. The largest absolute Gasteiger partial charge is 0.493 e. The van der Waals surface area contributed by atoms with Gasteiger partial charge in [-0.3, -0.25) is 4.79 Å². The van der Waals surface area contributed by atoms with Crippen molar-refractivity contribution in [3.63, 3.8) is 0 Å². The molecule has 24 heavy (non-hydrogen) atoms. The van der Waals surface area contributed by atoms with Gasteiger partial charge >= 0.3 is 0 Å². The number of para-hydroxylation sites is 1. The Bertz CT molecular complexity index is 941. The number of rotatable bonds is 3. The Morgan fingerprint density at radius 1 is 1.17 bits per heavy atom. The van der Waals surface area contributed by atoms with Gasteiger partial charge in [-0.2, -0.15) is 0 Å². The number of fused-ring (bicyclic) bond motifs is 1. The van der Waals surface area contributed by atoms with Gasteiger partial charge in [0.15, 0.2) is 5.69 Å². The highest BCUT2D eigenvalue weighted by Crippen LogP contribution is 2.36. The van der Waals surface area contributed by atoms with Gasteiger partial charge in [-0.15, -0.1) is 10.2 Å². The van der Waals surface area contributed by atoms with Crippen LogP contribution in [0.1, 0.15) is 15.9 Å². The zero-order valence-corrected chi connectivity index (χ0v) is 13.7. The Labute approximate surface area is 139 Å². The number of carbonyl (C=O) groups excluding carboxylic acids is 1. The van der Waals surface area contributed by atoms with Gasteiger partial charge in [0.1, 0.15) is 0 Å². The second-order valence-electron chi connectivity index (χ2n) is 5.77. The van der Waals surface area contributed by atoms with Crippen molar-refractivity contribution < 1.29 is 9.90 Å². The zero-order valence-electron chi connectivity index (χ0n) is 13.7. The summed E-state index contributed by atoms with van der Waals surface area (Å²) in [6.07, 6.45) is 0. The fourth-order valence-electron chi connectivity index (χ4n) is 2.51. The van der Waals surface area contributed by atoms with Gasteiger partial charge in [-0.1, -0.05) is 24.3 Å². The van der Waals surface area contributed by atoms with Crippen molar-refractivity contribution in [3.05, 3.63) is 53.6 Å². The molecule has 1 amide bonds. The number of aromatic hydroxyl groups is 1. The van der Waals surface area contributed by atoms with Crippen LogP contribution in [0.15, 0.2) is 52.7 Å². The van der Waals surface area contributed by atoms with E-state index in [4.69, 9.17) is 0 Å². The minimum atomic E-state index is -0.458. The molecule has 0 saturated heterocycles. The average molecular weight is 322 g/mol. The lowest BCUT2D eigenvalue weighted by Gasteiger charge is -2.12. The summed E-state index contributed by atoms with van der Waals surface area (Å²) in [5.74, 6) is -0.557. The van der Waals surface area contributed by atoms with Crippen LogP contribution in [0.4, 0.5) is 11.4 Å². The van der Waals surface area contributed by atoms with Crippen LogP contribution in [-0.2, 0) is 0 Å². The first kappa shape index (κ1) is 15.7. The number of anilines is 1. The molecule has 6 nitrogen and oxygen atoms in total. The number of H-pyrrole nitrogens is 1. The van der Waals surface area contributed by atoms with E-state index < -0.39 is 5.91 Å². The molecule has 1 aromatic heterocycles. The summed E-state index contributed by atoms with van der Waals surface area (Å²) in [7, 11) is 3.80. The third-order valence-electron chi connectivity index (χ3n) is 3.85. The van der Waals surface area contributed by atoms with Crippen molar-refractivity contribution in [2.24, 2.45) is 10.2 Å². The maximum atomic E-state index is 12.3. The first-order chi connectivity index (χ1) is 11.5. The number of hydrogen-bond acceptors (Lipinski definition) is 4. The molecule has 0 aliphatic heterocycles. The van der Waals surface area contributed by atoms with E-state index in [2.05, 4.69) is 15.2 Å². The quantitative estimate of drug-likeness (QED) is 0.710. The number of benzene rings is 2. The number of aromatic nitrogens is 1. The topological polar surface area (TPSA) is 81.1 Å². The Balaban J connectivity index is 1.94. The smallest absolute Gasteiger partial charge is 0.295 e. The van der Waals surface area contributed by atoms with Crippen LogP contribution in [0.5, 0.6) is 5.88 Å². The molecular formula is C18H18N4O2. The SMILES string of the molecule is Cc1cccc2c(N=NC(=O)c3cccc(N(C)C)c3)c(O)[nH]c12. The summed E-state index contributed by atoms with van der Waals surface area (Å²) < 4.78 is 0. The lowest BCUT2D eigenvalue weighted by atomic mass is 10.1. The van der Waals surface area contributed by atoms with Gasteiger partial charge in [0.2, 0.25) is 5.88 Å². The molecule has 0 atom stereocenters. The van der Waals surface area contributed by atoms with E-state index in [1.165, 1.54) is 0 Å². The molecule has 1 heterocycles. The molecule has 0 spiro atoms. The molecule has 2 N–H and O–H groups in total. The van der Waals surface area contributed by atoms with Gasteiger partial charge in [0.25, 0.3) is 5.91 Å². The molecule has 0 aliphatic rings. The van der Waals surface area contributed by atoms with Crippen LogP contribution < -0.4 is 4.90 Å². The van der Waals surface area contributed by atoms with E-state index in [0.717, 1.165) is 22.2 Å². The highest BCUT2D eigenvalue weighted by atomic mass is 16.3. The van der Waals surface area contributed by atoms with Crippen LogP contribution >= 0.6 is 0 Å². The highest BCUT2D eigenvalue weighted by Gasteiger charge is 2.13. The monoisotopic (exact) mass is 322 g/mol. The minimum Gasteiger partial charge on any atom is -0.493 e. The van der Waals surface area contributed by atoms with Crippen molar-refractivity contribution in [2.75, 3.05) is 19.0 Å². The van der Waals surface area contributed by atoms with E-state index in [1.807, 2.05) is 50.2 Å². The molecule has 122 valence electrons. The number of hydrogen-bond donors (Lipinski definition) is 2. The van der Waals surface area contributed by atoms with Crippen molar-refractivity contribution in [2.45, 2.75) is 6.92 Å². The summed E-state index contributed by atoms with van der Waals surface area (Å²) in [5, 5.41) is 18.5. The highest BCUT2D eigenvalue weighted by molar-refractivity contribution is 5.98. The van der Waals surface area contributed by atoms with Crippen molar-refractivity contribution >= 4 is 28.2 Å². The lowest BCUT2D eigenvalue weighted by Crippen LogP contribution is -2.09. The Hall–Kier alpha value is -3.15. The molecule has 2 aromatic carbocycles. The number of nitrogens with one attached hydrogen (secondary N) is 1. The first-order valence-corrected chi connectivity index (χ1v) is 7.51. The Morgan fingerprint density at radius 2 is 1.92 bits per heavy atom. The first-order valence-electron chi connectivity index (χ1n) is 7.51. The van der Waals surface area contributed by atoms with Gasteiger partial charge in [0.05, 0.1) is 5.52 Å². The molecule has 0 bridgehead atoms. The summed E-state index contributed by atoms with van der Waals surface area (Å²) in [6.45, 7) is 1.93. The van der Waals surface area contributed by atoms with Crippen LogP contribution in [0.25, 0.3) is 10.9 Å². The average Bonchev–Trinajstić information content (AvgIpc) is 2.90. The lowest BCUT2D eigenvalue weighted by molar-refractivity contribution is 0.0995. The molecule has 3 aromatic rings. The standard InChI is InChI=1S/C18H18N4O2/c1-11-6-4-9-14-15(11)19-18(24)16(14)20-21-17(23)12-7-5-8-13(10-12)22(2)3/h4-10,19,24H,1-3H3. The molecular weight excluding hydrogens is 304 g/mol. The summed E-state index contributed by atoms with van der Waals surface area (Å²) in [4.78, 5) is 17.0. The van der Waals surface area contributed by atoms with Crippen LogP contribution in [0, 0.1) is 6.92 Å². The van der Waals surface area contributed by atoms with Crippen molar-refractivity contribution in [1.29, 1.82) is 0 Å². The number of amides is 1. The Morgan fingerprint density at radius 3 is 2.67 bits per heavy atom. The van der Waals surface area contributed by atoms with Gasteiger partial charge < -0.3 is 15.0 Å². The van der Waals surface area contributed by atoms with E-state index in [0.29, 0.717) is 5.56 Å². The number of aromatic amines is 1. The van der Waals surface area contributed by atoms with Gasteiger partial charge in [-0.25, -0.2) is 0 Å². The van der Waals surface area contributed by atoms with Crippen molar-refractivity contribution in [1.82, 2.24) is 4.98 Å². The minimum absolute atomic E-state index is 0.0992. The number of azo groups is 1. The second-order valence-corrected chi connectivity index (χ2v) is 5.77. The zero-order chi connectivity index (χ0) is 17.3. The van der Waals surface area contributed by atoms with Crippen LogP contribution in [0.2, 0.25) is 0 Å². The molecule has 0 saturated carbocycles. The Kier molecular flexibility index (Phi) is 4.04. The number of carbonyl (C=O) groups is 1. The predicted molar refractivity (Wildman–Crippen MR) is 94.3 cm³/mol. The molecule has 0 aliphatic carbocycles. The van der Waals surface area contributed by atoms with E-state index in [-0.39, 0.29) is 11.6 Å². The third-order valence-corrected chi connectivity index (χ3v) is 3.85. The molecule has 0 unspecified atom stereocenters. The van der Waals surface area contributed by atoms with Crippen LogP contribution in [0.3, 0.4) is 0 Å². The predicted octanol–water partition coefficient (Wildman–Crippen LogP) is 4.17. The molecule has 0 fully saturated rings. The number of nitrogens with zero attached hydrogens (tertiary/aromatic N) is 3. The summed E-state index contributed by atoms with van der Waals surface area (Å²) >= 11 is 0. The third kappa shape index (κ3) is 2.86. The molecule has 0 radical (unpaired) electrons. The van der Waals surface area contributed by atoms with Gasteiger partial charge in [0, 0.05) is 30.7 Å². The van der Waals surface area contributed by atoms with E-state index in [9.17, 15) is 9.90 Å². The van der Waals surface area contributed by atoms with E-state index >= 15 is 0 Å². The summed E-state index contributed by atoms with van der Waals surface area (Å²) in [5.41, 5.74) is 3.38. The second kappa shape index (κ2) is 6.16. The fraction of sp³-hybridized carbons (Fsp3) is 0.167. The maximum absolute atomic E-state index is 12.3. The molecule has 6 heteroatoms. The molecule has 3 rings (SSSR count). The summed E-state index contributed by atoms with van der Waals surface area (Å²) in [6, 6.07) is 12.8. The maximum Gasteiger partial charge on any atom is 0.295 e. The van der Waals surface area contributed by atoms with Crippen LogP contribution in [-0.4, -0.2) is 30.1 Å².